The Morgan fingerprint density at radius 2 is 1.83 bits per heavy atom. The molecule has 0 saturated carbocycles. The van der Waals surface area contributed by atoms with Crippen molar-refractivity contribution in [1.29, 1.82) is 0 Å². The van der Waals surface area contributed by atoms with Crippen molar-refractivity contribution in [3.63, 3.8) is 0 Å². The van der Waals surface area contributed by atoms with Gasteiger partial charge in [-0.3, -0.25) is 9.59 Å². The van der Waals surface area contributed by atoms with Gasteiger partial charge in [0.05, 0.1) is 7.11 Å². The van der Waals surface area contributed by atoms with E-state index >= 15 is 0 Å². The van der Waals surface area contributed by atoms with Gasteiger partial charge in [0, 0.05) is 43.5 Å². The van der Waals surface area contributed by atoms with E-state index in [0.29, 0.717) is 24.3 Å². The number of nitrogens with zero attached hydrogens (tertiary/aromatic N) is 2. The molecule has 0 aliphatic carbocycles. The van der Waals surface area contributed by atoms with Crippen LogP contribution < -0.4 is 15.0 Å². The van der Waals surface area contributed by atoms with Crippen molar-refractivity contribution in [3.8, 4) is 5.75 Å². The van der Waals surface area contributed by atoms with Gasteiger partial charge in [-0.25, -0.2) is 8.42 Å². The summed E-state index contributed by atoms with van der Waals surface area (Å²) in [5, 5.41) is 2.80. The van der Waals surface area contributed by atoms with Crippen molar-refractivity contribution < 1.29 is 22.7 Å². The zero-order chi connectivity index (χ0) is 25.0. The van der Waals surface area contributed by atoms with Crippen molar-refractivity contribution >= 4 is 33.2 Å². The molecule has 1 heterocycles. The largest absolute Gasteiger partial charge is 0.495 e. The third-order valence-corrected chi connectivity index (χ3v) is 7.68. The summed E-state index contributed by atoms with van der Waals surface area (Å²) < 4.78 is 33.2. The van der Waals surface area contributed by atoms with Crippen molar-refractivity contribution in [2.75, 3.05) is 30.9 Å². The van der Waals surface area contributed by atoms with E-state index in [0.717, 1.165) is 12.0 Å². The summed E-state index contributed by atoms with van der Waals surface area (Å²) in [6.07, 6.45) is 1.32. The van der Waals surface area contributed by atoms with Gasteiger partial charge in [-0.2, -0.15) is 4.31 Å². The summed E-state index contributed by atoms with van der Waals surface area (Å²) in [6, 6.07) is 20.6. The summed E-state index contributed by atoms with van der Waals surface area (Å²) in [6.45, 7) is 0.817. The number of sulfonamides is 1. The summed E-state index contributed by atoms with van der Waals surface area (Å²) in [5.41, 5.74) is 2.22. The lowest BCUT2D eigenvalue weighted by Gasteiger charge is -2.20. The fourth-order valence-corrected chi connectivity index (χ4v) is 5.33. The number of carbonyl (C=O) groups excluding carboxylic acids is 2. The maximum Gasteiger partial charge on any atom is 0.255 e. The van der Waals surface area contributed by atoms with Gasteiger partial charge < -0.3 is 15.0 Å². The molecule has 0 radical (unpaired) electrons. The Morgan fingerprint density at radius 3 is 2.51 bits per heavy atom. The Morgan fingerprint density at radius 1 is 1.06 bits per heavy atom. The van der Waals surface area contributed by atoms with Crippen molar-refractivity contribution in [1.82, 2.24) is 4.31 Å². The van der Waals surface area contributed by atoms with Crippen LogP contribution in [0.1, 0.15) is 28.8 Å². The second-order valence-electron chi connectivity index (χ2n) is 8.27. The minimum Gasteiger partial charge on any atom is -0.495 e. The van der Waals surface area contributed by atoms with E-state index in [1.165, 1.54) is 36.7 Å². The smallest absolute Gasteiger partial charge is 0.255 e. The summed E-state index contributed by atoms with van der Waals surface area (Å²) >= 11 is 0. The van der Waals surface area contributed by atoms with Gasteiger partial charge in [0.25, 0.3) is 5.91 Å². The fourth-order valence-electron chi connectivity index (χ4n) is 3.99. The Hall–Kier alpha value is -3.69. The van der Waals surface area contributed by atoms with E-state index < -0.39 is 15.9 Å². The number of methoxy groups -OCH3 is 1. The first-order valence-electron chi connectivity index (χ1n) is 11.2. The number of nitrogens with one attached hydrogen (secondary N) is 1. The lowest BCUT2D eigenvalue weighted by molar-refractivity contribution is -0.117. The first-order chi connectivity index (χ1) is 16.8. The van der Waals surface area contributed by atoms with Crippen molar-refractivity contribution in [3.05, 3.63) is 83.9 Å². The molecule has 0 bridgehead atoms. The Labute approximate surface area is 205 Å². The van der Waals surface area contributed by atoms with Crippen LogP contribution in [0.3, 0.4) is 0 Å². The number of amides is 2. The fraction of sp³-hybridized carbons (Fsp3) is 0.231. The molecule has 2 amide bonds. The molecule has 0 unspecified atom stereocenters. The van der Waals surface area contributed by atoms with Crippen molar-refractivity contribution in [2.24, 2.45) is 0 Å². The molecule has 9 heteroatoms. The summed E-state index contributed by atoms with van der Waals surface area (Å²) in [7, 11) is -1.08. The van der Waals surface area contributed by atoms with Gasteiger partial charge in [0.2, 0.25) is 15.9 Å². The zero-order valence-electron chi connectivity index (χ0n) is 19.6. The molecule has 182 valence electrons. The molecule has 1 N–H and O–H groups in total. The van der Waals surface area contributed by atoms with Crippen LogP contribution in [0.4, 0.5) is 11.4 Å². The van der Waals surface area contributed by atoms with Crippen molar-refractivity contribution in [2.45, 2.75) is 24.3 Å². The number of carbonyl (C=O) groups is 2. The van der Waals surface area contributed by atoms with Gasteiger partial charge >= 0.3 is 0 Å². The van der Waals surface area contributed by atoms with E-state index in [1.54, 1.807) is 23.1 Å². The lowest BCUT2D eigenvalue weighted by atomic mass is 10.2. The molecule has 8 nitrogen and oxygen atoms in total. The SMILES string of the molecule is COc1ccc(C(=O)Nc2cccc(N3CCCC3=O)c2)cc1S(=O)(=O)N(C)Cc1ccccc1. The third-order valence-electron chi connectivity index (χ3n) is 5.85. The van der Waals surface area contributed by atoms with Crippen LogP contribution >= 0.6 is 0 Å². The van der Waals surface area contributed by atoms with Crippen LogP contribution in [0.25, 0.3) is 0 Å². The Kier molecular flexibility index (Phi) is 7.18. The van der Waals surface area contributed by atoms with Crippen LogP contribution in [0, 0.1) is 0 Å². The molecule has 4 rings (SSSR count). The maximum atomic E-state index is 13.3. The highest BCUT2D eigenvalue weighted by atomic mass is 32.2. The average Bonchev–Trinajstić information content (AvgIpc) is 3.30. The first-order valence-corrected chi connectivity index (χ1v) is 12.6. The van der Waals surface area contributed by atoms with Gasteiger partial charge in [-0.05, 0) is 48.4 Å². The van der Waals surface area contributed by atoms with Crippen LogP contribution in [-0.4, -0.2) is 45.2 Å². The second kappa shape index (κ2) is 10.3. The van der Waals surface area contributed by atoms with Crippen LogP contribution in [0.5, 0.6) is 5.75 Å². The quantitative estimate of drug-likeness (QED) is 0.514. The molecular formula is C26H27N3O5S. The number of benzene rings is 3. The standard InChI is InChI=1S/C26H27N3O5S/c1-28(18-19-8-4-3-5-9-19)35(32,33)24-16-20(13-14-23(24)34-2)26(31)27-21-10-6-11-22(17-21)29-15-7-12-25(29)30/h3-6,8-11,13-14,16-17H,7,12,15,18H2,1-2H3,(H,27,31). The molecule has 35 heavy (non-hydrogen) atoms. The molecule has 1 fully saturated rings. The predicted octanol–water partition coefficient (Wildman–Crippen LogP) is 3.90. The first kappa shape index (κ1) is 24.4. The topological polar surface area (TPSA) is 96.0 Å². The molecule has 0 aromatic heterocycles. The maximum absolute atomic E-state index is 13.3. The van der Waals surface area contributed by atoms with E-state index in [1.807, 2.05) is 36.4 Å². The molecule has 1 aliphatic heterocycles. The molecule has 0 spiro atoms. The molecule has 3 aromatic rings. The summed E-state index contributed by atoms with van der Waals surface area (Å²) in [4.78, 5) is 26.7. The number of ether oxygens (including phenoxy) is 1. The van der Waals surface area contributed by atoms with E-state index in [-0.39, 0.29) is 28.7 Å². The number of anilines is 2. The Bertz CT molecular complexity index is 1340. The van der Waals surface area contributed by atoms with E-state index in [9.17, 15) is 18.0 Å². The van der Waals surface area contributed by atoms with Gasteiger partial charge in [-0.1, -0.05) is 36.4 Å². The molecule has 0 atom stereocenters. The number of hydrogen-bond donors (Lipinski definition) is 1. The summed E-state index contributed by atoms with van der Waals surface area (Å²) in [5.74, 6) is -0.270. The highest BCUT2D eigenvalue weighted by Gasteiger charge is 2.27. The zero-order valence-corrected chi connectivity index (χ0v) is 20.4. The van der Waals surface area contributed by atoms with Gasteiger partial charge in [0.15, 0.2) is 0 Å². The number of rotatable bonds is 8. The highest BCUT2D eigenvalue weighted by molar-refractivity contribution is 7.89. The Balaban J connectivity index is 1.57. The molecule has 1 saturated heterocycles. The van der Waals surface area contributed by atoms with Crippen LogP contribution in [-0.2, 0) is 21.4 Å². The predicted molar refractivity (Wildman–Crippen MR) is 134 cm³/mol. The normalized spacial score (nSPS) is 13.8. The van der Waals surface area contributed by atoms with E-state index in [2.05, 4.69) is 5.32 Å². The highest BCUT2D eigenvalue weighted by Crippen LogP contribution is 2.29. The molecule has 3 aromatic carbocycles. The molecular weight excluding hydrogens is 466 g/mol. The van der Waals surface area contributed by atoms with Gasteiger partial charge in [0.1, 0.15) is 10.6 Å². The second-order valence-corrected chi connectivity index (χ2v) is 10.3. The average molecular weight is 494 g/mol. The minimum atomic E-state index is -3.95. The third kappa shape index (κ3) is 5.36. The number of hydrogen-bond acceptors (Lipinski definition) is 5. The monoisotopic (exact) mass is 493 g/mol. The lowest BCUT2D eigenvalue weighted by Crippen LogP contribution is -2.27. The minimum absolute atomic E-state index is 0.0538. The van der Waals surface area contributed by atoms with E-state index in [4.69, 9.17) is 4.74 Å². The van der Waals surface area contributed by atoms with Crippen LogP contribution in [0.2, 0.25) is 0 Å². The molecule has 1 aliphatic rings. The van der Waals surface area contributed by atoms with Gasteiger partial charge in [-0.15, -0.1) is 0 Å². The van der Waals surface area contributed by atoms with Crippen LogP contribution in [0.15, 0.2) is 77.7 Å².